The molecule has 1 saturated heterocycles. The summed E-state index contributed by atoms with van der Waals surface area (Å²) in [6.45, 7) is 5.73. The molecule has 0 N–H and O–H groups in total. The van der Waals surface area contributed by atoms with Gasteiger partial charge in [-0.3, -0.25) is 0 Å². The Morgan fingerprint density at radius 2 is 1.75 bits per heavy atom. The fourth-order valence-electron chi connectivity index (χ4n) is 1.17. The maximum atomic E-state index is 5.43. The molecule has 1 heterocycles. The van der Waals surface area contributed by atoms with Crippen LogP contribution < -0.4 is 0 Å². The molecule has 0 atom stereocenters. The second-order valence-electron chi connectivity index (χ2n) is 3.22. The molecule has 0 aliphatic carbocycles. The van der Waals surface area contributed by atoms with E-state index in [0.717, 1.165) is 12.8 Å². The molecule has 72 valence electrons. The smallest absolute Gasteiger partial charge is 0.244 e. The summed E-state index contributed by atoms with van der Waals surface area (Å²) < 4.78 is 10.9. The van der Waals surface area contributed by atoms with E-state index in [-0.39, 0.29) is 5.41 Å². The third-order valence-electron chi connectivity index (χ3n) is 2.57. The van der Waals surface area contributed by atoms with E-state index in [1.54, 1.807) is 0 Å². The molecule has 1 rings (SSSR count). The van der Waals surface area contributed by atoms with E-state index in [4.69, 9.17) is 20.9 Å². The first-order chi connectivity index (χ1) is 5.54. The predicted octanol–water partition coefficient (Wildman–Crippen LogP) is 2.99. The van der Waals surface area contributed by atoms with E-state index < -0.39 is 5.69 Å². The zero-order valence-electron chi connectivity index (χ0n) is 7.45. The molecule has 5 heteroatoms. The fraction of sp³-hybridized carbons (Fsp3) is 1.00. The summed E-state index contributed by atoms with van der Waals surface area (Å²) in [5, 5.41) is 0. The molecule has 12 heavy (non-hydrogen) atoms. The number of hydrogen-bond acceptors (Lipinski definition) is 3. The Morgan fingerprint density at radius 3 is 2.08 bits per heavy atom. The Hall–Kier alpha value is 0.920. The molecule has 2 nitrogen and oxygen atoms in total. The van der Waals surface area contributed by atoms with Crippen molar-refractivity contribution >= 4 is 29.7 Å². The summed E-state index contributed by atoms with van der Waals surface area (Å²) in [6.07, 6.45) is 2.15. The highest BCUT2D eigenvalue weighted by Gasteiger charge is 2.35. The van der Waals surface area contributed by atoms with Crippen LogP contribution in [0.3, 0.4) is 0 Å². The van der Waals surface area contributed by atoms with Gasteiger partial charge in [0.1, 0.15) is 0 Å². The van der Waals surface area contributed by atoms with Crippen molar-refractivity contribution in [3.63, 3.8) is 0 Å². The van der Waals surface area contributed by atoms with Gasteiger partial charge in [-0.25, -0.2) is 0 Å². The van der Waals surface area contributed by atoms with Crippen molar-refractivity contribution in [1.29, 1.82) is 0 Å². The topological polar surface area (TPSA) is 18.5 Å². The SMILES string of the molecule is CCC1(CC)COP(=S)(S)OC1. The first-order valence-corrected chi connectivity index (χ1v) is 7.94. The van der Waals surface area contributed by atoms with Crippen LogP contribution in [0.25, 0.3) is 0 Å². The monoisotopic (exact) mass is 226 g/mol. The van der Waals surface area contributed by atoms with Crippen LogP contribution in [0.1, 0.15) is 26.7 Å². The van der Waals surface area contributed by atoms with Gasteiger partial charge in [-0.15, -0.1) is 0 Å². The molecule has 0 amide bonds. The zero-order valence-corrected chi connectivity index (χ0v) is 10.1. The molecule has 1 fully saturated rings. The third kappa shape index (κ3) is 2.46. The van der Waals surface area contributed by atoms with Crippen LogP contribution in [0.4, 0.5) is 0 Å². The standard InChI is InChI=1S/C7H15O2PS2/c1-3-7(4-2)5-8-10(11,12)9-6-7/h3-6H2,1-2H3,(H,11,12). The van der Waals surface area contributed by atoms with E-state index in [0.29, 0.717) is 13.2 Å². The van der Waals surface area contributed by atoms with Gasteiger partial charge in [-0.1, -0.05) is 26.1 Å². The summed E-state index contributed by atoms with van der Waals surface area (Å²) in [6, 6.07) is 0. The van der Waals surface area contributed by atoms with Gasteiger partial charge in [0, 0.05) is 5.41 Å². The lowest BCUT2D eigenvalue weighted by Gasteiger charge is -2.38. The Balaban J connectivity index is 2.59. The third-order valence-corrected chi connectivity index (χ3v) is 4.80. The van der Waals surface area contributed by atoms with E-state index in [1.165, 1.54) is 0 Å². The van der Waals surface area contributed by atoms with Gasteiger partial charge in [0.25, 0.3) is 0 Å². The lowest BCUT2D eigenvalue weighted by Crippen LogP contribution is -2.33. The maximum Gasteiger partial charge on any atom is 0.244 e. The first-order valence-electron chi connectivity index (χ1n) is 4.15. The summed E-state index contributed by atoms with van der Waals surface area (Å²) in [5.41, 5.74) is -1.98. The normalized spacial score (nSPS) is 26.9. The zero-order chi connectivity index (χ0) is 9.24. The minimum Gasteiger partial charge on any atom is -0.321 e. The van der Waals surface area contributed by atoms with Crippen molar-refractivity contribution in [1.82, 2.24) is 0 Å². The van der Waals surface area contributed by atoms with Crippen LogP contribution in [-0.4, -0.2) is 13.2 Å². The Morgan fingerprint density at radius 1 is 1.33 bits per heavy atom. The van der Waals surface area contributed by atoms with Crippen LogP contribution in [0.5, 0.6) is 0 Å². The minimum absolute atomic E-state index is 0.186. The summed E-state index contributed by atoms with van der Waals surface area (Å²) in [7, 11) is 0. The second-order valence-corrected chi connectivity index (χ2v) is 8.51. The molecule has 0 radical (unpaired) electrons. The van der Waals surface area contributed by atoms with E-state index >= 15 is 0 Å². The molecule has 1 aliphatic rings. The summed E-state index contributed by atoms with van der Waals surface area (Å²) >= 11 is 9.18. The fourth-order valence-corrected chi connectivity index (χ4v) is 2.79. The van der Waals surface area contributed by atoms with E-state index in [2.05, 4.69) is 26.1 Å². The van der Waals surface area contributed by atoms with Crippen molar-refractivity contribution in [3.8, 4) is 0 Å². The molecule has 0 aromatic carbocycles. The Bertz CT molecular complexity index is 190. The van der Waals surface area contributed by atoms with Gasteiger partial charge in [-0.05, 0) is 24.6 Å². The number of thiol groups is 1. The van der Waals surface area contributed by atoms with E-state index in [1.807, 2.05) is 0 Å². The van der Waals surface area contributed by atoms with Crippen LogP contribution in [-0.2, 0) is 20.9 Å². The molecule has 0 saturated carbocycles. The van der Waals surface area contributed by atoms with Crippen molar-refractivity contribution in [2.75, 3.05) is 13.2 Å². The molecule has 0 unspecified atom stereocenters. The molecule has 0 aromatic rings. The van der Waals surface area contributed by atoms with Gasteiger partial charge in [0.15, 0.2) is 0 Å². The van der Waals surface area contributed by atoms with Crippen molar-refractivity contribution < 1.29 is 9.05 Å². The van der Waals surface area contributed by atoms with Crippen molar-refractivity contribution in [3.05, 3.63) is 0 Å². The van der Waals surface area contributed by atoms with Crippen LogP contribution in [0.15, 0.2) is 0 Å². The number of hydrogen-bond donors (Lipinski definition) is 1. The lowest BCUT2D eigenvalue weighted by molar-refractivity contribution is 0.0329. The van der Waals surface area contributed by atoms with Crippen LogP contribution in [0, 0.1) is 5.41 Å². The van der Waals surface area contributed by atoms with Crippen molar-refractivity contribution in [2.24, 2.45) is 5.41 Å². The summed E-state index contributed by atoms with van der Waals surface area (Å²) in [4.78, 5) is 0. The van der Waals surface area contributed by atoms with E-state index in [9.17, 15) is 0 Å². The first kappa shape index (κ1) is 11.0. The maximum absolute atomic E-state index is 5.43. The highest BCUT2D eigenvalue weighted by Crippen LogP contribution is 2.58. The predicted molar refractivity (Wildman–Crippen MR) is 58.2 cm³/mol. The average Bonchev–Trinajstić information content (AvgIpc) is 2.06. The Labute approximate surface area is 84.3 Å². The summed E-state index contributed by atoms with van der Waals surface area (Å²) in [5.74, 6) is 0. The quantitative estimate of drug-likeness (QED) is 0.577. The van der Waals surface area contributed by atoms with Crippen LogP contribution in [0.2, 0.25) is 0 Å². The van der Waals surface area contributed by atoms with Gasteiger partial charge >= 0.3 is 0 Å². The van der Waals surface area contributed by atoms with Crippen molar-refractivity contribution in [2.45, 2.75) is 26.7 Å². The highest BCUT2D eigenvalue weighted by molar-refractivity contribution is 8.60. The van der Waals surface area contributed by atoms with Gasteiger partial charge < -0.3 is 9.05 Å². The molecule has 0 spiro atoms. The van der Waals surface area contributed by atoms with Gasteiger partial charge in [0.2, 0.25) is 5.69 Å². The lowest BCUT2D eigenvalue weighted by atomic mass is 9.84. The molecule has 0 aromatic heterocycles. The minimum atomic E-state index is -2.17. The number of rotatable bonds is 2. The highest BCUT2D eigenvalue weighted by atomic mass is 32.9. The van der Waals surface area contributed by atoms with Gasteiger partial charge in [0.05, 0.1) is 13.2 Å². The van der Waals surface area contributed by atoms with Gasteiger partial charge in [-0.2, -0.15) is 0 Å². The molecular weight excluding hydrogens is 211 g/mol. The molecular formula is C7H15O2PS2. The second kappa shape index (κ2) is 3.97. The van der Waals surface area contributed by atoms with Crippen LogP contribution >= 0.6 is 17.9 Å². The largest absolute Gasteiger partial charge is 0.321 e. The molecule has 1 aliphatic heterocycles. The molecule has 0 bridgehead atoms. The average molecular weight is 226 g/mol. The Kier molecular flexibility index (Phi) is 3.64.